The second-order valence-electron chi connectivity index (χ2n) is 7.24. The van der Waals surface area contributed by atoms with Gasteiger partial charge < -0.3 is 9.47 Å². The number of nitro benzene ring substituents is 1. The van der Waals surface area contributed by atoms with Crippen LogP contribution >= 0.6 is 0 Å². The Morgan fingerprint density at radius 1 is 1.17 bits per heavy atom. The minimum Gasteiger partial charge on any atom is -0.365 e. The van der Waals surface area contributed by atoms with Crippen LogP contribution in [0.5, 0.6) is 0 Å². The van der Waals surface area contributed by atoms with Crippen LogP contribution in [-0.2, 0) is 7.05 Å². The average molecular weight is 391 g/mol. The number of aryl methyl sites for hydroxylation is 1. The molecule has 1 aliphatic heterocycles. The number of nitro groups is 1. The number of ketones is 1. The van der Waals surface area contributed by atoms with E-state index in [1.165, 1.54) is 6.07 Å². The predicted molar refractivity (Wildman–Crippen MR) is 108 cm³/mol. The maximum atomic E-state index is 12.7. The number of benzene rings is 2. The summed E-state index contributed by atoms with van der Waals surface area (Å²) >= 11 is 0. The molecule has 1 fully saturated rings. The molecule has 1 atom stereocenters. The number of piperidine rings is 1. The van der Waals surface area contributed by atoms with E-state index in [-0.39, 0.29) is 17.4 Å². The van der Waals surface area contributed by atoms with Crippen molar-refractivity contribution in [1.82, 2.24) is 14.8 Å². The van der Waals surface area contributed by atoms with E-state index in [9.17, 15) is 14.9 Å². The van der Waals surface area contributed by atoms with E-state index in [0.29, 0.717) is 23.4 Å². The molecule has 8 nitrogen and oxygen atoms in total. The zero-order valence-electron chi connectivity index (χ0n) is 16.1. The van der Waals surface area contributed by atoms with Crippen LogP contribution in [-0.4, -0.2) is 38.6 Å². The summed E-state index contributed by atoms with van der Waals surface area (Å²) in [4.78, 5) is 26.1. The van der Waals surface area contributed by atoms with E-state index in [1.807, 2.05) is 22.6 Å². The van der Waals surface area contributed by atoms with Gasteiger partial charge in [-0.25, -0.2) is 0 Å². The molecule has 148 valence electrons. The van der Waals surface area contributed by atoms with Crippen LogP contribution in [0.2, 0.25) is 0 Å². The Bertz CT molecular complexity index is 1050. The van der Waals surface area contributed by atoms with Gasteiger partial charge in [0.05, 0.1) is 4.92 Å². The van der Waals surface area contributed by atoms with Crippen molar-refractivity contribution < 1.29 is 9.72 Å². The van der Waals surface area contributed by atoms with Crippen LogP contribution in [0.4, 0.5) is 11.4 Å². The molecule has 2 aromatic carbocycles. The van der Waals surface area contributed by atoms with E-state index >= 15 is 0 Å². The van der Waals surface area contributed by atoms with E-state index in [0.717, 1.165) is 25.2 Å². The number of hydrogen-bond donors (Lipinski definition) is 0. The summed E-state index contributed by atoms with van der Waals surface area (Å²) in [6, 6.07) is 13.5. The summed E-state index contributed by atoms with van der Waals surface area (Å²) in [5.41, 5.74) is 1.31. The molecule has 8 heteroatoms. The Balaban J connectivity index is 1.64. The standard InChI is InChI=1S/C21H21N5O3/c1-24-14-22-23-21(24)17-8-5-11-25(13-17)18-10-9-16(12-19(18)26(28)29)20(27)15-6-3-2-4-7-15/h2-4,6-7,9-10,12,14,17H,5,8,11,13H2,1H3/t17-/m0/s1. The van der Waals surface area contributed by atoms with Crippen LogP contribution in [0.25, 0.3) is 0 Å². The summed E-state index contributed by atoms with van der Waals surface area (Å²) in [5.74, 6) is 0.811. The Labute approximate surface area is 167 Å². The number of anilines is 1. The third-order valence-corrected chi connectivity index (χ3v) is 5.34. The minimum atomic E-state index is -0.414. The summed E-state index contributed by atoms with van der Waals surface area (Å²) in [7, 11) is 1.90. The molecular weight excluding hydrogens is 370 g/mol. The fourth-order valence-electron chi connectivity index (χ4n) is 3.90. The van der Waals surface area contributed by atoms with Crippen molar-refractivity contribution in [1.29, 1.82) is 0 Å². The number of hydrogen-bond acceptors (Lipinski definition) is 6. The molecule has 0 amide bonds. The van der Waals surface area contributed by atoms with Gasteiger partial charge in [-0.3, -0.25) is 14.9 Å². The van der Waals surface area contributed by atoms with Gasteiger partial charge in [-0.15, -0.1) is 10.2 Å². The van der Waals surface area contributed by atoms with Crippen molar-refractivity contribution in [3.8, 4) is 0 Å². The maximum Gasteiger partial charge on any atom is 0.293 e. The van der Waals surface area contributed by atoms with Crippen molar-refractivity contribution >= 4 is 17.2 Å². The van der Waals surface area contributed by atoms with Gasteiger partial charge in [0.2, 0.25) is 0 Å². The van der Waals surface area contributed by atoms with Crippen LogP contribution in [0.1, 0.15) is 40.5 Å². The maximum absolute atomic E-state index is 12.7. The molecule has 29 heavy (non-hydrogen) atoms. The van der Waals surface area contributed by atoms with Crippen molar-refractivity contribution in [3.63, 3.8) is 0 Å². The summed E-state index contributed by atoms with van der Waals surface area (Å²) in [6.45, 7) is 1.35. The number of carbonyl (C=O) groups excluding carboxylic acids is 1. The molecule has 1 aromatic heterocycles. The number of rotatable bonds is 5. The van der Waals surface area contributed by atoms with E-state index in [2.05, 4.69) is 10.2 Å². The van der Waals surface area contributed by atoms with Crippen molar-refractivity contribution in [2.24, 2.45) is 7.05 Å². The lowest BCUT2D eigenvalue weighted by atomic mass is 9.96. The molecule has 3 aromatic rings. The average Bonchev–Trinajstić information content (AvgIpc) is 3.19. The highest BCUT2D eigenvalue weighted by atomic mass is 16.6. The molecule has 0 spiro atoms. The van der Waals surface area contributed by atoms with Crippen molar-refractivity contribution in [2.45, 2.75) is 18.8 Å². The molecule has 0 N–H and O–H groups in total. The SMILES string of the molecule is Cn1cnnc1[C@H]1CCCN(c2ccc(C(=O)c3ccccc3)cc2[N+](=O)[O-])C1. The lowest BCUT2D eigenvalue weighted by molar-refractivity contribution is -0.384. The molecule has 0 bridgehead atoms. The van der Waals surface area contributed by atoms with Gasteiger partial charge in [0.25, 0.3) is 5.69 Å². The Morgan fingerprint density at radius 3 is 2.66 bits per heavy atom. The monoisotopic (exact) mass is 391 g/mol. The minimum absolute atomic E-state index is 0.0506. The van der Waals surface area contributed by atoms with Gasteiger partial charge in [0.1, 0.15) is 17.8 Å². The van der Waals surface area contributed by atoms with Gasteiger partial charge >= 0.3 is 0 Å². The Kier molecular flexibility index (Phi) is 5.07. The van der Waals surface area contributed by atoms with Crippen molar-refractivity contribution in [2.75, 3.05) is 18.0 Å². The van der Waals surface area contributed by atoms with Gasteiger partial charge in [0.15, 0.2) is 5.78 Å². The van der Waals surface area contributed by atoms with Crippen molar-refractivity contribution in [3.05, 3.63) is 81.9 Å². The molecular formula is C21H21N5O3. The van der Waals surface area contributed by atoms with Gasteiger partial charge in [-0.1, -0.05) is 30.3 Å². The fourth-order valence-corrected chi connectivity index (χ4v) is 3.90. The second kappa shape index (κ2) is 7.83. The van der Waals surface area contributed by atoms with Crippen LogP contribution in [0, 0.1) is 10.1 Å². The highest BCUT2D eigenvalue weighted by Crippen LogP contribution is 2.35. The zero-order valence-corrected chi connectivity index (χ0v) is 16.1. The van der Waals surface area contributed by atoms with E-state index in [1.54, 1.807) is 42.7 Å². The number of carbonyl (C=O) groups is 1. The van der Waals surface area contributed by atoms with Gasteiger partial charge in [0, 0.05) is 43.2 Å². The molecule has 0 aliphatic carbocycles. The van der Waals surface area contributed by atoms with Crippen LogP contribution < -0.4 is 4.90 Å². The molecule has 0 unspecified atom stereocenters. The van der Waals surface area contributed by atoms with E-state index < -0.39 is 4.92 Å². The number of aromatic nitrogens is 3. The van der Waals surface area contributed by atoms with Gasteiger partial charge in [-0.2, -0.15) is 0 Å². The van der Waals surface area contributed by atoms with Gasteiger partial charge in [-0.05, 0) is 25.0 Å². The highest BCUT2D eigenvalue weighted by molar-refractivity contribution is 6.09. The third-order valence-electron chi connectivity index (χ3n) is 5.34. The highest BCUT2D eigenvalue weighted by Gasteiger charge is 2.29. The molecule has 2 heterocycles. The third kappa shape index (κ3) is 3.73. The molecule has 1 saturated heterocycles. The largest absolute Gasteiger partial charge is 0.365 e. The first-order chi connectivity index (χ1) is 14.0. The number of nitrogens with zero attached hydrogens (tertiary/aromatic N) is 5. The Hall–Kier alpha value is -3.55. The summed E-state index contributed by atoms with van der Waals surface area (Å²) in [5, 5.41) is 19.9. The topological polar surface area (TPSA) is 94.2 Å². The second-order valence-corrected chi connectivity index (χ2v) is 7.24. The molecule has 0 radical (unpaired) electrons. The first-order valence-electron chi connectivity index (χ1n) is 9.51. The lowest BCUT2D eigenvalue weighted by Gasteiger charge is -2.33. The first-order valence-corrected chi connectivity index (χ1v) is 9.51. The van der Waals surface area contributed by atoms with E-state index in [4.69, 9.17) is 0 Å². The molecule has 0 saturated carbocycles. The Morgan fingerprint density at radius 2 is 1.97 bits per heavy atom. The van der Waals surface area contributed by atoms with Crippen LogP contribution in [0.3, 0.4) is 0 Å². The smallest absolute Gasteiger partial charge is 0.293 e. The summed E-state index contributed by atoms with van der Waals surface area (Å²) in [6.07, 6.45) is 3.53. The first kappa shape index (κ1) is 18.8. The predicted octanol–water partition coefficient (Wildman–Crippen LogP) is 3.34. The molecule has 1 aliphatic rings. The quantitative estimate of drug-likeness (QED) is 0.376. The van der Waals surface area contributed by atoms with Crippen LogP contribution in [0.15, 0.2) is 54.9 Å². The molecule has 4 rings (SSSR count). The zero-order chi connectivity index (χ0) is 20.4. The fraction of sp³-hybridized carbons (Fsp3) is 0.286. The summed E-state index contributed by atoms with van der Waals surface area (Å²) < 4.78 is 1.89. The lowest BCUT2D eigenvalue weighted by Crippen LogP contribution is -2.35. The normalized spacial score (nSPS) is 16.6.